The van der Waals surface area contributed by atoms with Crippen molar-refractivity contribution in [1.29, 1.82) is 0 Å². The van der Waals surface area contributed by atoms with Crippen molar-refractivity contribution in [2.75, 3.05) is 141 Å². The highest BCUT2D eigenvalue weighted by atomic mass is 16.5. The number of likely N-dealkylation sites (tertiary alicyclic amines) is 1. The Morgan fingerprint density at radius 1 is 0.424 bits per heavy atom. The van der Waals surface area contributed by atoms with Gasteiger partial charge in [-0.2, -0.15) is 0 Å². The van der Waals surface area contributed by atoms with Gasteiger partial charge in [-0.25, -0.2) is 0 Å². The number of rotatable bonds is 24. The number of piperidine rings is 1. The third-order valence-corrected chi connectivity index (χ3v) is 15.5. The van der Waals surface area contributed by atoms with E-state index in [1.54, 1.807) is 0 Å². The maximum absolute atomic E-state index is 5.46. The molecule has 0 aromatic carbocycles. The van der Waals surface area contributed by atoms with E-state index in [0.717, 1.165) is 65.1 Å². The molecule has 0 spiro atoms. The van der Waals surface area contributed by atoms with Crippen molar-refractivity contribution >= 4 is 0 Å². The summed E-state index contributed by atoms with van der Waals surface area (Å²) in [5.74, 6) is 0. The second-order valence-corrected chi connectivity index (χ2v) is 30.7. The lowest BCUT2D eigenvalue weighted by atomic mass is 10.1. The molecule has 0 aromatic heterocycles. The number of nitrogens with one attached hydrogen (secondary N) is 4. The van der Waals surface area contributed by atoms with Gasteiger partial charge in [0.25, 0.3) is 0 Å². The average Bonchev–Trinajstić information content (AvgIpc) is 2.64. The topological polar surface area (TPSA) is 109 Å². The minimum absolute atomic E-state index is 0.272. The molecular weight excluding hydrogens is 1130 g/mol. The van der Waals surface area contributed by atoms with Crippen LogP contribution < -0.4 is 27.0 Å². The molecular formula is C78H189N13O. The van der Waals surface area contributed by atoms with Gasteiger partial charge in [0.1, 0.15) is 0 Å². The maximum Gasteiger partial charge on any atom is 0.0594 e. The smallest absolute Gasteiger partial charge is 0.0594 e. The van der Waals surface area contributed by atoms with Crippen LogP contribution in [0.1, 0.15) is 295 Å². The molecule has 14 heteroatoms. The van der Waals surface area contributed by atoms with Crippen LogP contribution in [0.5, 0.6) is 0 Å². The number of ether oxygens (including phenoxy) is 1. The number of hydrogen-bond donors (Lipinski definition) is 5. The van der Waals surface area contributed by atoms with Crippen molar-refractivity contribution in [2.24, 2.45) is 5.73 Å². The van der Waals surface area contributed by atoms with E-state index >= 15 is 0 Å². The summed E-state index contributed by atoms with van der Waals surface area (Å²) in [7, 11) is 12.5. The molecule has 2 rings (SSSR count). The van der Waals surface area contributed by atoms with E-state index in [1.165, 1.54) is 77.8 Å². The first-order valence-electron chi connectivity index (χ1n) is 38.1. The molecule has 6 N–H and O–H groups in total. The molecule has 0 unspecified atom stereocenters. The van der Waals surface area contributed by atoms with Crippen LogP contribution in [0, 0.1) is 0 Å². The number of hydrogen-bond acceptors (Lipinski definition) is 14. The van der Waals surface area contributed by atoms with Crippen LogP contribution >= 0.6 is 0 Å². The highest BCUT2D eigenvalue weighted by Crippen LogP contribution is 2.13. The van der Waals surface area contributed by atoms with Crippen LogP contribution in [-0.4, -0.2) is 263 Å². The average molecular weight is 1330 g/mol. The van der Waals surface area contributed by atoms with E-state index in [1.807, 2.05) is 7.05 Å². The summed E-state index contributed by atoms with van der Waals surface area (Å²) in [6, 6.07) is 8.07. The Hall–Kier alpha value is -0.560. The third kappa shape index (κ3) is 103. The quantitative estimate of drug-likeness (QED) is 0.0633. The fraction of sp³-hybridized carbons (Fsp3) is 1.00. The third-order valence-electron chi connectivity index (χ3n) is 15.5. The van der Waals surface area contributed by atoms with Crippen molar-refractivity contribution in [2.45, 2.75) is 378 Å². The van der Waals surface area contributed by atoms with Gasteiger partial charge in [-0.15, -0.1) is 0 Å². The zero-order valence-electron chi connectivity index (χ0n) is 72.3. The minimum Gasteiger partial charge on any atom is -0.379 e. The SMILES string of the molecule is CC(C)N(C)C.CC(C)N(C)C(C)(C)C.CC(C)N1CCCCC1.CC(C)N1CCOCC1.CC(C)NC(C)(C)C.CCCN(C)C(C)C.CCCN(CCN)C(C)C.CCCNC(C)C.CCN(C)C(C)C.CCN(CC)C(C)C.CCNC(C)C.CNC(C)C. The van der Waals surface area contributed by atoms with Crippen molar-refractivity contribution in [1.82, 2.24) is 60.5 Å². The number of nitrogens with zero attached hydrogens (tertiary/aromatic N) is 8. The summed E-state index contributed by atoms with van der Waals surface area (Å²) in [5, 5.41) is 12.9. The van der Waals surface area contributed by atoms with Gasteiger partial charge in [0.05, 0.1) is 13.2 Å². The monoisotopic (exact) mass is 1320 g/mol. The summed E-state index contributed by atoms with van der Waals surface area (Å²) < 4.78 is 5.21. The molecule has 14 nitrogen and oxygen atoms in total. The van der Waals surface area contributed by atoms with Gasteiger partial charge in [-0.3, -0.25) is 14.7 Å². The molecule has 0 aliphatic carbocycles. The molecule has 2 fully saturated rings. The Labute approximate surface area is 587 Å². The molecule has 2 heterocycles. The second-order valence-electron chi connectivity index (χ2n) is 30.7. The van der Waals surface area contributed by atoms with Gasteiger partial charge in [0, 0.05) is 110 Å². The number of morpholine rings is 1. The van der Waals surface area contributed by atoms with Crippen LogP contribution in [0.3, 0.4) is 0 Å². The predicted molar refractivity (Wildman–Crippen MR) is 430 cm³/mol. The highest BCUT2D eigenvalue weighted by molar-refractivity contribution is 4.75. The van der Waals surface area contributed by atoms with Crippen molar-refractivity contribution in [3.8, 4) is 0 Å². The summed E-state index contributed by atoms with van der Waals surface area (Å²) in [5.41, 5.74) is 6.04. The lowest BCUT2D eigenvalue weighted by molar-refractivity contribution is 0.0238. The van der Waals surface area contributed by atoms with E-state index in [4.69, 9.17) is 10.5 Å². The molecule has 2 aliphatic rings. The fourth-order valence-electron chi connectivity index (χ4n) is 8.02. The Morgan fingerprint density at radius 2 is 0.804 bits per heavy atom. The van der Waals surface area contributed by atoms with E-state index < -0.39 is 0 Å². The molecule has 92 heavy (non-hydrogen) atoms. The lowest BCUT2D eigenvalue weighted by Crippen LogP contribution is -2.42. The van der Waals surface area contributed by atoms with Crippen LogP contribution in [0.15, 0.2) is 0 Å². The molecule has 0 atom stereocenters. The van der Waals surface area contributed by atoms with Gasteiger partial charge < -0.3 is 56.2 Å². The summed E-state index contributed by atoms with van der Waals surface area (Å²) in [6.45, 7) is 97.8. The predicted octanol–water partition coefficient (Wildman–Crippen LogP) is 16.4. The Balaban J connectivity index is -0.000000100. The van der Waals surface area contributed by atoms with Crippen molar-refractivity contribution < 1.29 is 4.74 Å². The van der Waals surface area contributed by atoms with E-state index in [0.29, 0.717) is 72.0 Å². The first-order valence-corrected chi connectivity index (χ1v) is 38.1. The van der Waals surface area contributed by atoms with Gasteiger partial charge in [0.2, 0.25) is 0 Å². The van der Waals surface area contributed by atoms with Gasteiger partial charge >= 0.3 is 0 Å². The summed E-state index contributed by atoms with van der Waals surface area (Å²) in [6.07, 6.45) is 7.99. The minimum atomic E-state index is 0.272. The highest BCUT2D eigenvalue weighted by Gasteiger charge is 2.19. The fourth-order valence-corrected chi connectivity index (χ4v) is 8.02. The van der Waals surface area contributed by atoms with Crippen LogP contribution in [0.25, 0.3) is 0 Å². The molecule has 2 aliphatic heterocycles. The summed E-state index contributed by atoms with van der Waals surface area (Å²) >= 11 is 0. The first-order chi connectivity index (χ1) is 42.1. The van der Waals surface area contributed by atoms with E-state index in [2.05, 4.69) is 352 Å². The van der Waals surface area contributed by atoms with E-state index in [9.17, 15) is 0 Å². The second kappa shape index (κ2) is 76.2. The largest absolute Gasteiger partial charge is 0.379 e. The van der Waals surface area contributed by atoms with Crippen molar-refractivity contribution in [3.05, 3.63) is 0 Å². The molecule has 0 radical (unpaired) electrons. The summed E-state index contributed by atoms with van der Waals surface area (Å²) in [4.78, 5) is 19.0. The van der Waals surface area contributed by atoms with Gasteiger partial charge in [-0.1, -0.05) is 110 Å². The van der Waals surface area contributed by atoms with Crippen LogP contribution in [0.2, 0.25) is 0 Å². The van der Waals surface area contributed by atoms with Gasteiger partial charge in [-0.05, 0) is 286 Å². The van der Waals surface area contributed by atoms with Crippen LogP contribution in [-0.2, 0) is 4.74 Å². The Kier molecular flexibility index (Phi) is 93.4. The molecule has 572 valence electrons. The van der Waals surface area contributed by atoms with Crippen molar-refractivity contribution in [3.63, 3.8) is 0 Å². The lowest BCUT2D eigenvalue weighted by Gasteiger charge is -2.35. The maximum atomic E-state index is 5.46. The molecule has 0 amide bonds. The molecule has 0 saturated carbocycles. The molecule has 2 saturated heterocycles. The van der Waals surface area contributed by atoms with E-state index in [-0.39, 0.29) is 5.54 Å². The normalized spacial score (nSPS) is 13.6. The van der Waals surface area contributed by atoms with Crippen LogP contribution in [0.4, 0.5) is 0 Å². The zero-order chi connectivity index (χ0) is 74.9. The number of nitrogens with two attached hydrogens (primary N) is 1. The first kappa shape index (κ1) is 113. The molecule has 0 aromatic rings. The Morgan fingerprint density at radius 3 is 0.924 bits per heavy atom. The Bertz CT molecular complexity index is 1260. The zero-order valence-corrected chi connectivity index (χ0v) is 72.3. The molecule has 0 bridgehead atoms. The van der Waals surface area contributed by atoms with Gasteiger partial charge in [0.15, 0.2) is 0 Å². The standard InChI is InChI=1S/C8H20N2.C8H17N.C8H19N.C7H15NO.3C7H17N.2C6H15N.2C5H13N.C4H11N/c1-4-6-10(7-5-9)8(2)3;1-8(2)9-6-4-3-5-7-9;1-7(2)9(6)8(3,4)5;1-7(2)8-3-5-9-6-4-8;1-6(2)8-7(3,4)5;1-5-6-8(4)7(2)3;1-5-8(6-2)7(3)4;1-5-7(4)6(2)3;1-4-5-7-6(2)3;1-5(2)6(3)4;1-4-6-5(2)3;1-4(2)5-3/h8H,4-7,9H2,1-3H3;8H,3-7H2,1-2H3;7H,1-6H3;7H,3-6H2,1-2H3;6,8H,1-5H3;2*7H,5-6H2,1-4H3;6H,5H2,1-4H3;6-7H,4-5H2,1-3H3;5H,1-4H3;5-6H,4H2,1-3H3;4-5H,1-3H3.